The number of likely N-dealkylation sites (tertiary alicyclic amines) is 1. The molecule has 0 radical (unpaired) electrons. The molecule has 1 fully saturated rings. The number of ether oxygens (including phenoxy) is 1. The van der Waals surface area contributed by atoms with Gasteiger partial charge in [0.05, 0.1) is 7.11 Å². The van der Waals surface area contributed by atoms with Gasteiger partial charge >= 0.3 is 0 Å². The molecule has 1 aliphatic heterocycles. The highest BCUT2D eigenvalue weighted by Gasteiger charge is 2.29. The van der Waals surface area contributed by atoms with Gasteiger partial charge in [-0.1, -0.05) is 19.9 Å². The third-order valence-electron chi connectivity index (χ3n) is 3.46. The van der Waals surface area contributed by atoms with Gasteiger partial charge in [-0.25, -0.2) is 0 Å². The van der Waals surface area contributed by atoms with Crippen LogP contribution in [0.5, 0.6) is 5.75 Å². The summed E-state index contributed by atoms with van der Waals surface area (Å²) in [4.78, 5) is 2.48. The molecule has 0 bridgehead atoms. The van der Waals surface area contributed by atoms with E-state index < -0.39 is 0 Å². The quantitative estimate of drug-likeness (QED) is 0.817. The summed E-state index contributed by atoms with van der Waals surface area (Å²) < 4.78 is 5.38. The number of nitrogen functional groups attached to an aromatic ring is 1. The Bertz CT molecular complexity index is 401. The smallest absolute Gasteiger partial charge is 0.125 e. The first-order chi connectivity index (χ1) is 8.00. The molecule has 1 heterocycles. The highest BCUT2D eigenvalue weighted by molar-refractivity contribution is 5.48. The van der Waals surface area contributed by atoms with Crippen LogP contribution in [0.15, 0.2) is 18.2 Å². The van der Waals surface area contributed by atoms with E-state index in [1.807, 2.05) is 12.1 Å². The Morgan fingerprint density at radius 1 is 1.41 bits per heavy atom. The summed E-state index contributed by atoms with van der Waals surface area (Å²) in [6, 6.07) is 5.91. The van der Waals surface area contributed by atoms with Crippen molar-refractivity contribution in [2.75, 3.05) is 25.9 Å². The van der Waals surface area contributed by atoms with Crippen LogP contribution in [0.25, 0.3) is 0 Å². The number of methoxy groups -OCH3 is 1. The summed E-state index contributed by atoms with van der Waals surface area (Å²) in [5.41, 5.74) is 8.18. The Balaban J connectivity index is 2.09. The van der Waals surface area contributed by atoms with Crippen LogP contribution in [-0.4, -0.2) is 25.1 Å². The van der Waals surface area contributed by atoms with Crippen molar-refractivity contribution < 1.29 is 4.74 Å². The first kappa shape index (κ1) is 12.2. The zero-order chi connectivity index (χ0) is 12.5. The number of anilines is 1. The minimum absolute atomic E-state index is 0.445. The van der Waals surface area contributed by atoms with Crippen LogP contribution in [0.4, 0.5) is 5.69 Å². The fraction of sp³-hybridized carbons (Fsp3) is 0.571. The molecule has 1 aromatic carbocycles. The molecule has 0 atom stereocenters. The van der Waals surface area contributed by atoms with Gasteiger partial charge in [0.15, 0.2) is 0 Å². The van der Waals surface area contributed by atoms with Gasteiger partial charge in [0.2, 0.25) is 0 Å². The zero-order valence-corrected chi connectivity index (χ0v) is 11.0. The summed E-state index contributed by atoms with van der Waals surface area (Å²) in [6.07, 6.45) is 1.27. The van der Waals surface area contributed by atoms with Crippen LogP contribution in [0.1, 0.15) is 25.8 Å². The van der Waals surface area contributed by atoms with E-state index in [9.17, 15) is 0 Å². The summed E-state index contributed by atoms with van der Waals surface area (Å²) in [5.74, 6) is 0.898. The lowest BCUT2D eigenvalue weighted by molar-refractivity contribution is 0.279. The van der Waals surface area contributed by atoms with Crippen LogP contribution in [-0.2, 0) is 6.54 Å². The van der Waals surface area contributed by atoms with E-state index in [2.05, 4.69) is 24.8 Å². The van der Waals surface area contributed by atoms with Crippen molar-refractivity contribution in [3.63, 3.8) is 0 Å². The maximum absolute atomic E-state index is 5.76. The Hall–Kier alpha value is -1.22. The lowest BCUT2D eigenvalue weighted by Crippen LogP contribution is -2.23. The first-order valence-corrected chi connectivity index (χ1v) is 6.15. The van der Waals surface area contributed by atoms with Crippen LogP contribution >= 0.6 is 0 Å². The lowest BCUT2D eigenvalue weighted by atomic mass is 9.93. The van der Waals surface area contributed by atoms with E-state index in [1.54, 1.807) is 7.11 Å². The second kappa shape index (κ2) is 4.57. The molecule has 0 unspecified atom stereocenters. The van der Waals surface area contributed by atoms with Gasteiger partial charge in [0.1, 0.15) is 5.75 Å². The average molecular weight is 234 g/mol. The molecular weight excluding hydrogens is 212 g/mol. The molecule has 17 heavy (non-hydrogen) atoms. The Labute approximate surface area is 104 Å². The van der Waals surface area contributed by atoms with Crippen LogP contribution in [0.2, 0.25) is 0 Å². The maximum Gasteiger partial charge on any atom is 0.125 e. The Morgan fingerprint density at radius 3 is 2.76 bits per heavy atom. The molecule has 1 aromatic rings. The molecule has 1 saturated heterocycles. The number of benzene rings is 1. The topological polar surface area (TPSA) is 38.5 Å². The largest absolute Gasteiger partial charge is 0.496 e. The molecule has 3 nitrogen and oxygen atoms in total. The van der Waals surface area contributed by atoms with E-state index in [4.69, 9.17) is 10.5 Å². The number of hydrogen-bond acceptors (Lipinski definition) is 3. The van der Waals surface area contributed by atoms with E-state index in [1.165, 1.54) is 18.5 Å². The van der Waals surface area contributed by atoms with Crippen molar-refractivity contribution in [3.8, 4) is 5.75 Å². The molecule has 0 aromatic heterocycles. The molecule has 2 N–H and O–H groups in total. The highest BCUT2D eigenvalue weighted by atomic mass is 16.5. The molecule has 94 valence electrons. The van der Waals surface area contributed by atoms with E-state index in [-0.39, 0.29) is 0 Å². The molecule has 0 amide bonds. The predicted octanol–water partition coefficient (Wildman–Crippen LogP) is 2.51. The summed E-state index contributed by atoms with van der Waals surface area (Å²) >= 11 is 0. The summed E-state index contributed by atoms with van der Waals surface area (Å²) in [5, 5.41) is 0. The Kier molecular flexibility index (Phi) is 3.29. The van der Waals surface area contributed by atoms with Gasteiger partial charge in [-0.05, 0) is 24.4 Å². The molecule has 2 rings (SSSR count). The third kappa shape index (κ3) is 2.91. The lowest BCUT2D eigenvalue weighted by Gasteiger charge is -2.20. The molecular formula is C14H22N2O. The van der Waals surface area contributed by atoms with Gasteiger partial charge in [0, 0.05) is 30.4 Å². The van der Waals surface area contributed by atoms with Crippen molar-refractivity contribution >= 4 is 5.69 Å². The average Bonchev–Trinajstić information content (AvgIpc) is 2.61. The first-order valence-electron chi connectivity index (χ1n) is 6.15. The monoisotopic (exact) mass is 234 g/mol. The van der Waals surface area contributed by atoms with Crippen molar-refractivity contribution in [2.45, 2.75) is 26.8 Å². The molecule has 0 saturated carbocycles. The fourth-order valence-electron chi connectivity index (χ4n) is 2.49. The van der Waals surface area contributed by atoms with Gasteiger partial charge in [-0.15, -0.1) is 0 Å². The second-order valence-electron chi connectivity index (χ2n) is 5.70. The molecule has 3 heteroatoms. The van der Waals surface area contributed by atoms with Gasteiger partial charge in [0.25, 0.3) is 0 Å². The standard InChI is InChI=1S/C14H22N2O/c1-14(2)6-7-16(10-14)9-11-4-5-12(15)8-13(11)17-3/h4-5,8H,6-7,9-10,15H2,1-3H3. The molecule has 1 aliphatic rings. The molecule has 0 aliphatic carbocycles. The fourth-order valence-corrected chi connectivity index (χ4v) is 2.49. The number of nitrogens with zero attached hydrogens (tertiary/aromatic N) is 1. The van der Waals surface area contributed by atoms with Crippen molar-refractivity contribution in [2.24, 2.45) is 5.41 Å². The van der Waals surface area contributed by atoms with E-state index in [0.717, 1.165) is 24.5 Å². The zero-order valence-electron chi connectivity index (χ0n) is 11.0. The maximum atomic E-state index is 5.76. The van der Waals surface area contributed by atoms with Crippen molar-refractivity contribution in [1.82, 2.24) is 4.90 Å². The summed E-state index contributed by atoms with van der Waals surface area (Å²) in [6.45, 7) is 7.92. The highest BCUT2D eigenvalue weighted by Crippen LogP contribution is 2.31. The normalized spacial score (nSPS) is 19.5. The van der Waals surface area contributed by atoms with Gasteiger partial charge < -0.3 is 10.5 Å². The molecule has 0 spiro atoms. The number of hydrogen-bond donors (Lipinski definition) is 1. The number of rotatable bonds is 3. The van der Waals surface area contributed by atoms with Crippen LogP contribution in [0.3, 0.4) is 0 Å². The predicted molar refractivity (Wildman–Crippen MR) is 71.1 cm³/mol. The Morgan fingerprint density at radius 2 is 2.18 bits per heavy atom. The van der Waals surface area contributed by atoms with Crippen LogP contribution < -0.4 is 10.5 Å². The van der Waals surface area contributed by atoms with E-state index >= 15 is 0 Å². The van der Waals surface area contributed by atoms with Gasteiger partial charge in [-0.3, -0.25) is 4.90 Å². The number of nitrogens with two attached hydrogens (primary N) is 1. The van der Waals surface area contributed by atoms with Crippen LogP contribution in [0, 0.1) is 5.41 Å². The summed E-state index contributed by atoms with van der Waals surface area (Å²) in [7, 11) is 1.70. The minimum Gasteiger partial charge on any atom is -0.496 e. The SMILES string of the molecule is COc1cc(N)ccc1CN1CCC(C)(C)C1. The second-order valence-corrected chi connectivity index (χ2v) is 5.70. The van der Waals surface area contributed by atoms with Gasteiger partial charge in [-0.2, -0.15) is 0 Å². The van der Waals surface area contributed by atoms with Crippen molar-refractivity contribution in [3.05, 3.63) is 23.8 Å². The minimum atomic E-state index is 0.445. The van der Waals surface area contributed by atoms with E-state index in [0.29, 0.717) is 5.41 Å². The van der Waals surface area contributed by atoms with Crippen molar-refractivity contribution in [1.29, 1.82) is 0 Å². The third-order valence-corrected chi connectivity index (χ3v) is 3.46.